The van der Waals surface area contributed by atoms with Gasteiger partial charge in [-0.15, -0.1) is 35.3 Å². The van der Waals surface area contributed by atoms with Gasteiger partial charge in [0.25, 0.3) is 0 Å². The second-order valence-electron chi connectivity index (χ2n) is 7.66. The highest BCUT2D eigenvalue weighted by Gasteiger charge is 2.19. The first-order valence-electron chi connectivity index (χ1n) is 10.8. The van der Waals surface area contributed by atoms with E-state index in [2.05, 4.69) is 40.0 Å². The second kappa shape index (κ2) is 14.6. The minimum absolute atomic E-state index is 0. The lowest BCUT2D eigenvalue weighted by Crippen LogP contribution is -2.39. The lowest BCUT2D eigenvalue weighted by molar-refractivity contribution is 0.0420. The van der Waals surface area contributed by atoms with E-state index >= 15 is 0 Å². The van der Waals surface area contributed by atoms with Gasteiger partial charge in [-0.3, -0.25) is 9.89 Å². The SMILES string of the molecule is CCNC(=NCC1CCN(Cc2cccs2)CC1)NCCCOC1CCOC1.I. The lowest BCUT2D eigenvalue weighted by Gasteiger charge is -2.31. The second-order valence-corrected chi connectivity index (χ2v) is 8.69. The maximum atomic E-state index is 5.82. The summed E-state index contributed by atoms with van der Waals surface area (Å²) >= 11 is 1.86. The molecular weight excluding hydrogens is 499 g/mol. The number of rotatable bonds is 10. The van der Waals surface area contributed by atoms with Gasteiger partial charge in [-0.05, 0) is 63.1 Å². The lowest BCUT2D eigenvalue weighted by atomic mass is 9.97. The Hall–Kier alpha value is -0.420. The Morgan fingerprint density at radius 1 is 1.31 bits per heavy atom. The predicted octanol–water partition coefficient (Wildman–Crippen LogP) is 3.33. The van der Waals surface area contributed by atoms with E-state index in [-0.39, 0.29) is 24.0 Å². The predicted molar refractivity (Wildman–Crippen MR) is 132 cm³/mol. The number of hydrogen-bond acceptors (Lipinski definition) is 5. The van der Waals surface area contributed by atoms with Crippen molar-refractivity contribution in [2.45, 2.75) is 45.3 Å². The summed E-state index contributed by atoms with van der Waals surface area (Å²) in [6.45, 7) is 10.7. The molecule has 1 aromatic rings. The fraction of sp³-hybridized carbons (Fsp3) is 0.762. The van der Waals surface area contributed by atoms with Gasteiger partial charge in [0.15, 0.2) is 5.96 Å². The zero-order valence-corrected chi connectivity index (χ0v) is 20.8. The number of ether oxygens (including phenoxy) is 2. The molecule has 2 aliphatic heterocycles. The number of thiophene rings is 1. The summed E-state index contributed by atoms with van der Waals surface area (Å²) in [5.41, 5.74) is 0. The zero-order chi connectivity index (χ0) is 19.4. The summed E-state index contributed by atoms with van der Waals surface area (Å²) in [6, 6.07) is 4.38. The number of nitrogens with one attached hydrogen (secondary N) is 2. The standard InChI is InChI=1S/C21H36N4O2S.HI/c1-2-22-21(23-9-4-12-27-19-8-13-26-17-19)24-15-18-6-10-25(11-7-18)16-20-5-3-14-28-20;/h3,5,14,18-19H,2,4,6-13,15-17H2,1H3,(H2,22,23,24);1H. The van der Waals surface area contributed by atoms with Crippen LogP contribution in [-0.4, -0.2) is 69.5 Å². The molecule has 0 saturated carbocycles. The zero-order valence-electron chi connectivity index (χ0n) is 17.6. The van der Waals surface area contributed by atoms with Crippen molar-refractivity contribution >= 4 is 41.3 Å². The van der Waals surface area contributed by atoms with Gasteiger partial charge in [-0.1, -0.05) is 6.07 Å². The molecule has 8 heteroatoms. The van der Waals surface area contributed by atoms with E-state index in [1.807, 2.05) is 11.3 Å². The summed E-state index contributed by atoms with van der Waals surface area (Å²) in [5.74, 6) is 1.63. The maximum Gasteiger partial charge on any atom is 0.191 e. The monoisotopic (exact) mass is 536 g/mol. The molecule has 1 unspecified atom stereocenters. The van der Waals surface area contributed by atoms with Gasteiger partial charge in [-0.2, -0.15) is 0 Å². The number of halogens is 1. The fourth-order valence-corrected chi connectivity index (χ4v) is 4.43. The Kier molecular flexibility index (Phi) is 12.5. The van der Waals surface area contributed by atoms with Gasteiger partial charge in [-0.25, -0.2) is 0 Å². The Morgan fingerprint density at radius 2 is 2.17 bits per heavy atom. The molecule has 29 heavy (non-hydrogen) atoms. The number of guanidine groups is 1. The van der Waals surface area contributed by atoms with Crippen LogP contribution in [0.2, 0.25) is 0 Å². The van der Waals surface area contributed by atoms with Gasteiger partial charge in [0.2, 0.25) is 0 Å². The molecule has 166 valence electrons. The highest BCUT2D eigenvalue weighted by molar-refractivity contribution is 14.0. The smallest absolute Gasteiger partial charge is 0.191 e. The molecule has 3 heterocycles. The molecule has 0 spiro atoms. The van der Waals surface area contributed by atoms with Crippen molar-refractivity contribution in [2.75, 3.05) is 52.5 Å². The third kappa shape index (κ3) is 9.50. The summed E-state index contributed by atoms with van der Waals surface area (Å²) in [5, 5.41) is 8.97. The molecule has 3 rings (SSSR count). The Bertz CT molecular complexity index is 559. The third-order valence-corrected chi connectivity index (χ3v) is 6.23. The van der Waals surface area contributed by atoms with Crippen LogP contribution in [0.1, 0.15) is 37.5 Å². The number of aliphatic imine (C=N–C) groups is 1. The van der Waals surface area contributed by atoms with Crippen molar-refractivity contribution < 1.29 is 9.47 Å². The summed E-state index contributed by atoms with van der Waals surface area (Å²) < 4.78 is 11.2. The summed E-state index contributed by atoms with van der Waals surface area (Å²) in [6.07, 6.45) is 4.80. The van der Waals surface area contributed by atoms with Crippen molar-refractivity contribution in [3.8, 4) is 0 Å². The molecule has 2 aliphatic rings. The molecule has 2 saturated heterocycles. The van der Waals surface area contributed by atoms with Crippen molar-refractivity contribution in [3.05, 3.63) is 22.4 Å². The number of nitrogens with zero attached hydrogens (tertiary/aromatic N) is 2. The third-order valence-electron chi connectivity index (χ3n) is 5.37. The molecule has 0 aromatic carbocycles. The van der Waals surface area contributed by atoms with Crippen molar-refractivity contribution in [2.24, 2.45) is 10.9 Å². The molecule has 2 fully saturated rings. The van der Waals surface area contributed by atoms with Crippen LogP contribution in [-0.2, 0) is 16.0 Å². The molecule has 0 radical (unpaired) electrons. The first kappa shape index (κ1) is 24.8. The number of likely N-dealkylation sites (tertiary alicyclic amines) is 1. The Balaban J connectivity index is 0.00000300. The van der Waals surface area contributed by atoms with E-state index in [0.29, 0.717) is 12.0 Å². The maximum absolute atomic E-state index is 5.82. The molecular formula is C21H37IN4O2S. The number of hydrogen-bond donors (Lipinski definition) is 2. The minimum atomic E-state index is 0. The molecule has 0 bridgehead atoms. The first-order valence-corrected chi connectivity index (χ1v) is 11.7. The van der Waals surface area contributed by atoms with Crippen LogP contribution in [0, 0.1) is 5.92 Å². The van der Waals surface area contributed by atoms with Crippen LogP contribution < -0.4 is 10.6 Å². The normalized spacial score (nSPS) is 21.1. The quantitative estimate of drug-likeness (QED) is 0.208. The van der Waals surface area contributed by atoms with E-state index in [4.69, 9.17) is 14.5 Å². The van der Waals surface area contributed by atoms with E-state index < -0.39 is 0 Å². The van der Waals surface area contributed by atoms with Crippen LogP contribution in [0.25, 0.3) is 0 Å². The molecule has 0 amide bonds. The van der Waals surface area contributed by atoms with E-state index in [0.717, 1.165) is 64.8 Å². The first-order chi connectivity index (χ1) is 13.8. The van der Waals surface area contributed by atoms with Gasteiger partial charge in [0.1, 0.15) is 0 Å². The van der Waals surface area contributed by atoms with Crippen molar-refractivity contribution in [1.82, 2.24) is 15.5 Å². The van der Waals surface area contributed by atoms with Crippen molar-refractivity contribution in [3.63, 3.8) is 0 Å². The van der Waals surface area contributed by atoms with E-state index in [1.165, 1.54) is 30.8 Å². The topological polar surface area (TPSA) is 58.1 Å². The molecule has 1 aromatic heterocycles. The largest absolute Gasteiger partial charge is 0.379 e. The summed E-state index contributed by atoms with van der Waals surface area (Å²) in [4.78, 5) is 8.88. The average molecular weight is 537 g/mol. The molecule has 0 aliphatic carbocycles. The Morgan fingerprint density at radius 3 is 2.86 bits per heavy atom. The van der Waals surface area contributed by atoms with E-state index in [9.17, 15) is 0 Å². The highest BCUT2D eigenvalue weighted by atomic mass is 127. The highest BCUT2D eigenvalue weighted by Crippen LogP contribution is 2.20. The molecule has 2 N–H and O–H groups in total. The van der Waals surface area contributed by atoms with Crippen LogP contribution >= 0.6 is 35.3 Å². The molecule has 6 nitrogen and oxygen atoms in total. The van der Waals surface area contributed by atoms with Gasteiger partial charge < -0.3 is 20.1 Å². The summed E-state index contributed by atoms with van der Waals surface area (Å²) in [7, 11) is 0. The molecule has 1 atom stereocenters. The van der Waals surface area contributed by atoms with Crippen LogP contribution in [0.4, 0.5) is 0 Å². The van der Waals surface area contributed by atoms with Gasteiger partial charge >= 0.3 is 0 Å². The van der Waals surface area contributed by atoms with Crippen LogP contribution in [0.15, 0.2) is 22.5 Å². The number of piperidine rings is 1. The van der Waals surface area contributed by atoms with Gasteiger partial charge in [0.05, 0.1) is 12.7 Å². The average Bonchev–Trinajstić information content (AvgIpc) is 3.41. The van der Waals surface area contributed by atoms with Crippen molar-refractivity contribution in [1.29, 1.82) is 0 Å². The van der Waals surface area contributed by atoms with Crippen LogP contribution in [0.3, 0.4) is 0 Å². The van der Waals surface area contributed by atoms with Gasteiger partial charge in [0, 0.05) is 44.3 Å². The minimum Gasteiger partial charge on any atom is -0.379 e. The van der Waals surface area contributed by atoms with Crippen LogP contribution in [0.5, 0.6) is 0 Å². The van der Waals surface area contributed by atoms with E-state index in [1.54, 1.807) is 0 Å². The fourth-order valence-electron chi connectivity index (χ4n) is 3.69. The Labute approximate surface area is 196 Å².